The fraction of sp³-hybridized carbons (Fsp3) is 0.923. The van der Waals surface area contributed by atoms with Gasteiger partial charge in [-0.15, -0.1) is 0 Å². The number of amidine groups is 1. The van der Waals surface area contributed by atoms with E-state index in [1.165, 1.54) is 36.7 Å². The van der Waals surface area contributed by atoms with Crippen molar-refractivity contribution in [2.24, 2.45) is 22.7 Å². The summed E-state index contributed by atoms with van der Waals surface area (Å²) in [6, 6.07) is 0.739. The van der Waals surface area contributed by atoms with Crippen LogP contribution in [0, 0.1) is 17.8 Å². The van der Waals surface area contributed by atoms with Crippen molar-refractivity contribution in [2.45, 2.75) is 39.2 Å². The van der Waals surface area contributed by atoms with E-state index >= 15 is 0 Å². The lowest BCUT2D eigenvalue weighted by Crippen LogP contribution is -2.40. The maximum Gasteiger partial charge on any atom is 0.159 e. The molecule has 3 unspecified atom stereocenters. The minimum absolute atomic E-state index is 0.739. The number of hydrogen-bond acceptors (Lipinski definition) is 3. The van der Waals surface area contributed by atoms with Gasteiger partial charge in [-0.2, -0.15) is 0 Å². The summed E-state index contributed by atoms with van der Waals surface area (Å²) in [7, 11) is 0. The van der Waals surface area contributed by atoms with Gasteiger partial charge >= 0.3 is 0 Å². The quantitative estimate of drug-likeness (QED) is 0.698. The van der Waals surface area contributed by atoms with E-state index in [4.69, 9.17) is 4.99 Å². The number of rotatable bonds is 1. The molecule has 0 spiro atoms. The van der Waals surface area contributed by atoms with E-state index in [9.17, 15) is 0 Å². The minimum atomic E-state index is 0.739. The van der Waals surface area contributed by atoms with Crippen molar-refractivity contribution < 1.29 is 0 Å². The van der Waals surface area contributed by atoms with Gasteiger partial charge in [-0.25, -0.2) is 0 Å². The van der Waals surface area contributed by atoms with Crippen LogP contribution < -0.4 is 0 Å². The molecule has 16 heavy (non-hydrogen) atoms. The predicted molar refractivity (Wildman–Crippen MR) is 70.9 cm³/mol. The Morgan fingerprint density at radius 3 is 2.94 bits per heavy atom. The highest BCUT2D eigenvalue weighted by molar-refractivity contribution is 8.14. The topological polar surface area (TPSA) is 15.6 Å². The Labute approximate surface area is 103 Å². The second-order valence-corrected chi connectivity index (χ2v) is 6.84. The zero-order valence-electron chi connectivity index (χ0n) is 10.4. The molecule has 3 aliphatic rings. The van der Waals surface area contributed by atoms with Crippen LogP contribution in [0.25, 0.3) is 0 Å². The van der Waals surface area contributed by atoms with Gasteiger partial charge in [-0.1, -0.05) is 32.0 Å². The molecule has 3 heteroatoms. The Balaban J connectivity index is 1.81. The molecule has 0 amide bonds. The zero-order chi connectivity index (χ0) is 11.1. The second-order valence-electron chi connectivity index (χ2n) is 5.85. The molecule has 0 N–H and O–H groups in total. The van der Waals surface area contributed by atoms with Gasteiger partial charge in [0.2, 0.25) is 0 Å². The van der Waals surface area contributed by atoms with Crippen LogP contribution in [0.15, 0.2) is 4.99 Å². The molecule has 3 rings (SSSR count). The summed E-state index contributed by atoms with van der Waals surface area (Å²) in [5.41, 5.74) is 0. The van der Waals surface area contributed by atoms with E-state index in [0.29, 0.717) is 0 Å². The SMILES string of the molecule is CC(C)C1CSC2=NCC3CCCC3CN21. The van der Waals surface area contributed by atoms with Gasteiger partial charge < -0.3 is 4.90 Å². The Bertz CT molecular complexity index is 300. The van der Waals surface area contributed by atoms with E-state index in [1.54, 1.807) is 0 Å². The summed E-state index contributed by atoms with van der Waals surface area (Å²) >= 11 is 1.99. The predicted octanol–water partition coefficient (Wildman–Crippen LogP) is 2.85. The van der Waals surface area contributed by atoms with Crippen molar-refractivity contribution in [3.05, 3.63) is 0 Å². The van der Waals surface area contributed by atoms with Gasteiger partial charge in [0.15, 0.2) is 5.17 Å². The standard InChI is InChI=1S/C13H22N2S/c1-9(2)12-8-16-13-14-6-10-4-3-5-11(10)7-15(12)13/h9-12H,3-8H2,1-2H3. The first-order chi connectivity index (χ1) is 7.75. The van der Waals surface area contributed by atoms with Crippen LogP contribution in [-0.4, -0.2) is 35.0 Å². The minimum Gasteiger partial charge on any atom is -0.347 e. The molecule has 2 aliphatic heterocycles. The molecule has 1 saturated heterocycles. The molecule has 0 aromatic heterocycles. The van der Waals surface area contributed by atoms with Gasteiger partial charge in [-0.05, 0) is 30.6 Å². The molecule has 2 heterocycles. The van der Waals surface area contributed by atoms with Crippen LogP contribution in [0.4, 0.5) is 0 Å². The van der Waals surface area contributed by atoms with Crippen molar-refractivity contribution >= 4 is 16.9 Å². The molecule has 1 aliphatic carbocycles. The maximum absolute atomic E-state index is 4.87. The van der Waals surface area contributed by atoms with E-state index in [0.717, 1.165) is 30.3 Å². The van der Waals surface area contributed by atoms with Crippen molar-refractivity contribution in [1.82, 2.24) is 4.90 Å². The summed E-state index contributed by atoms with van der Waals surface area (Å²) in [5.74, 6) is 3.85. The largest absolute Gasteiger partial charge is 0.347 e. The average Bonchev–Trinajstić information content (AvgIpc) is 2.81. The normalized spacial score (nSPS) is 38.3. The summed E-state index contributed by atoms with van der Waals surface area (Å²) in [5, 5.41) is 1.35. The van der Waals surface area contributed by atoms with Gasteiger partial charge in [0.05, 0.1) is 0 Å². The molecule has 2 nitrogen and oxygen atoms in total. The molecule has 0 aromatic carbocycles. The number of fused-ring (bicyclic) bond motifs is 2. The molecule has 90 valence electrons. The van der Waals surface area contributed by atoms with E-state index < -0.39 is 0 Å². The van der Waals surface area contributed by atoms with Crippen LogP contribution >= 0.6 is 11.8 Å². The van der Waals surface area contributed by atoms with Crippen molar-refractivity contribution in [2.75, 3.05) is 18.8 Å². The molecule has 0 bridgehead atoms. The third kappa shape index (κ3) is 1.77. The highest BCUT2D eigenvalue weighted by atomic mass is 32.2. The first-order valence-corrected chi connectivity index (χ1v) is 7.68. The molecule has 0 radical (unpaired) electrons. The Morgan fingerprint density at radius 1 is 1.31 bits per heavy atom. The van der Waals surface area contributed by atoms with Crippen LogP contribution in [0.1, 0.15) is 33.1 Å². The van der Waals surface area contributed by atoms with Crippen LogP contribution in [-0.2, 0) is 0 Å². The third-order valence-electron chi connectivity index (χ3n) is 4.51. The second kappa shape index (κ2) is 4.25. The van der Waals surface area contributed by atoms with Gasteiger partial charge in [0.1, 0.15) is 0 Å². The number of hydrogen-bond donors (Lipinski definition) is 0. The Kier molecular flexibility index (Phi) is 2.90. The van der Waals surface area contributed by atoms with Crippen LogP contribution in [0.5, 0.6) is 0 Å². The first kappa shape index (κ1) is 10.9. The average molecular weight is 238 g/mol. The van der Waals surface area contributed by atoms with Crippen molar-refractivity contribution in [3.63, 3.8) is 0 Å². The summed E-state index contributed by atoms with van der Waals surface area (Å²) in [6.07, 6.45) is 4.30. The third-order valence-corrected chi connectivity index (χ3v) is 5.64. The fourth-order valence-corrected chi connectivity index (χ4v) is 4.85. The molecule has 1 saturated carbocycles. The lowest BCUT2D eigenvalue weighted by atomic mass is 9.95. The molecule has 3 atom stereocenters. The van der Waals surface area contributed by atoms with Crippen LogP contribution in [0.2, 0.25) is 0 Å². The highest BCUT2D eigenvalue weighted by Crippen LogP contribution is 2.39. The first-order valence-electron chi connectivity index (χ1n) is 6.69. The fourth-order valence-electron chi connectivity index (χ4n) is 3.42. The lowest BCUT2D eigenvalue weighted by molar-refractivity contribution is 0.234. The molecular weight excluding hydrogens is 216 g/mol. The van der Waals surface area contributed by atoms with E-state index in [1.807, 2.05) is 11.8 Å². The van der Waals surface area contributed by atoms with Crippen molar-refractivity contribution in [3.8, 4) is 0 Å². The van der Waals surface area contributed by atoms with Crippen molar-refractivity contribution in [1.29, 1.82) is 0 Å². The maximum atomic E-state index is 4.87. The molecule has 0 aromatic rings. The Morgan fingerprint density at radius 2 is 2.12 bits per heavy atom. The van der Waals surface area contributed by atoms with Gasteiger partial charge in [0.25, 0.3) is 0 Å². The van der Waals surface area contributed by atoms with E-state index in [2.05, 4.69) is 18.7 Å². The van der Waals surface area contributed by atoms with Crippen LogP contribution in [0.3, 0.4) is 0 Å². The molecular formula is C13H22N2S. The highest BCUT2D eigenvalue weighted by Gasteiger charge is 2.38. The summed E-state index contributed by atoms with van der Waals surface area (Å²) in [6.45, 7) is 7.10. The Hall–Kier alpha value is -0.180. The lowest BCUT2D eigenvalue weighted by Gasteiger charge is -2.30. The number of aliphatic imine (C=N–C) groups is 1. The van der Waals surface area contributed by atoms with Gasteiger partial charge in [-0.3, -0.25) is 4.99 Å². The smallest absolute Gasteiger partial charge is 0.159 e. The summed E-state index contributed by atoms with van der Waals surface area (Å²) < 4.78 is 0. The zero-order valence-corrected chi connectivity index (χ0v) is 11.2. The number of nitrogens with zero attached hydrogens (tertiary/aromatic N) is 2. The van der Waals surface area contributed by atoms with E-state index in [-0.39, 0.29) is 0 Å². The number of thioether (sulfide) groups is 1. The monoisotopic (exact) mass is 238 g/mol. The summed E-state index contributed by atoms with van der Waals surface area (Å²) in [4.78, 5) is 7.50. The van der Waals surface area contributed by atoms with Gasteiger partial charge in [0, 0.05) is 24.9 Å². The molecule has 2 fully saturated rings.